The molecule has 27 heavy (non-hydrogen) atoms. The van der Waals surface area contributed by atoms with Gasteiger partial charge in [-0.05, 0) is 36.7 Å². The van der Waals surface area contributed by atoms with Crippen molar-refractivity contribution in [2.45, 2.75) is 57.6 Å². The molecule has 1 aromatic rings. The van der Waals surface area contributed by atoms with Crippen LogP contribution in [-0.2, 0) is 20.9 Å². The van der Waals surface area contributed by atoms with Gasteiger partial charge >= 0.3 is 0 Å². The number of ether oxygens (including phenoxy) is 1. The highest BCUT2D eigenvalue weighted by atomic mass is 16.5. The van der Waals surface area contributed by atoms with Crippen LogP contribution in [0.5, 0.6) is 0 Å². The molecule has 0 radical (unpaired) electrons. The van der Waals surface area contributed by atoms with E-state index in [4.69, 9.17) is 4.74 Å². The molecule has 0 N–H and O–H groups in total. The van der Waals surface area contributed by atoms with Crippen molar-refractivity contribution in [1.29, 1.82) is 0 Å². The maximum absolute atomic E-state index is 13.1. The fourth-order valence-corrected chi connectivity index (χ4v) is 4.94. The van der Waals surface area contributed by atoms with Crippen LogP contribution < -0.4 is 0 Å². The summed E-state index contributed by atoms with van der Waals surface area (Å²) in [5.74, 6) is 0.194. The molecule has 0 aromatic heterocycles. The summed E-state index contributed by atoms with van der Waals surface area (Å²) in [5.41, 5.74) is 1.26. The number of likely N-dealkylation sites (tertiary alicyclic amines) is 1. The standard InChI is InChI=1S/C22H30N2O3/c25-20-13-22(10-4-5-11-22)17-24(20)16-21(26)23(15-19-9-6-12-27-19)14-18-7-2-1-3-8-18/h1-3,7-8,19H,4-6,9-17H2. The van der Waals surface area contributed by atoms with E-state index in [1.54, 1.807) is 4.90 Å². The summed E-state index contributed by atoms with van der Waals surface area (Å²) in [6.07, 6.45) is 7.51. The molecule has 2 aliphatic heterocycles. The van der Waals surface area contributed by atoms with Gasteiger partial charge in [-0.1, -0.05) is 43.2 Å². The van der Waals surface area contributed by atoms with Crippen LogP contribution in [0.15, 0.2) is 30.3 Å². The highest BCUT2D eigenvalue weighted by Crippen LogP contribution is 2.45. The first-order valence-electron chi connectivity index (χ1n) is 10.3. The maximum atomic E-state index is 13.1. The zero-order chi connectivity index (χ0) is 18.7. The van der Waals surface area contributed by atoms with E-state index in [1.165, 1.54) is 12.8 Å². The second-order valence-corrected chi connectivity index (χ2v) is 8.53. The van der Waals surface area contributed by atoms with E-state index in [-0.39, 0.29) is 29.9 Å². The summed E-state index contributed by atoms with van der Waals surface area (Å²) in [5, 5.41) is 0. The highest BCUT2D eigenvalue weighted by Gasteiger charge is 2.45. The Hall–Kier alpha value is -1.88. The van der Waals surface area contributed by atoms with Gasteiger partial charge in [-0.2, -0.15) is 0 Å². The Balaban J connectivity index is 1.42. The van der Waals surface area contributed by atoms with Gasteiger partial charge in [0, 0.05) is 32.7 Å². The Morgan fingerprint density at radius 1 is 1.19 bits per heavy atom. The molecule has 1 saturated carbocycles. The molecule has 5 nitrogen and oxygen atoms in total. The summed E-state index contributed by atoms with van der Waals surface area (Å²) in [6.45, 7) is 2.94. The van der Waals surface area contributed by atoms with Crippen LogP contribution in [0, 0.1) is 5.41 Å². The van der Waals surface area contributed by atoms with Crippen LogP contribution in [0.25, 0.3) is 0 Å². The van der Waals surface area contributed by atoms with Gasteiger partial charge < -0.3 is 14.5 Å². The SMILES string of the molecule is O=C(CN1CC2(CCCC2)CC1=O)N(Cc1ccccc1)CC1CCCO1. The van der Waals surface area contributed by atoms with E-state index in [2.05, 4.69) is 0 Å². The van der Waals surface area contributed by atoms with Crippen molar-refractivity contribution in [3.05, 3.63) is 35.9 Å². The van der Waals surface area contributed by atoms with Crippen molar-refractivity contribution >= 4 is 11.8 Å². The van der Waals surface area contributed by atoms with Gasteiger partial charge in [0.2, 0.25) is 11.8 Å². The second kappa shape index (κ2) is 8.01. The lowest BCUT2D eigenvalue weighted by Gasteiger charge is -2.28. The fourth-order valence-electron chi connectivity index (χ4n) is 4.94. The van der Waals surface area contributed by atoms with Crippen LogP contribution in [0.2, 0.25) is 0 Å². The van der Waals surface area contributed by atoms with Crippen molar-refractivity contribution in [1.82, 2.24) is 9.80 Å². The van der Waals surface area contributed by atoms with Gasteiger partial charge in [0.1, 0.15) is 0 Å². The van der Waals surface area contributed by atoms with Gasteiger partial charge in [0.15, 0.2) is 0 Å². The largest absolute Gasteiger partial charge is 0.376 e. The summed E-state index contributed by atoms with van der Waals surface area (Å²) in [4.78, 5) is 29.3. The molecular formula is C22H30N2O3. The minimum absolute atomic E-state index is 0.0396. The summed E-state index contributed by atoms with van der Waals surface area (Å²) >= 11 is 0. The van der Waals surface area contributed by atoms with Crippen LogP contribution in [-0.4, -0.2) is 54.0 Å². The third-order valence-electron chi connectivity index (χ3n) is 6.41. The Morgan fingerprint density at radius 2 is 1.96 bits per heavy atom. The monoisotopic (exact) mass is 370 g/mol. The number of hydrogen-bond donors (Lipinski definition) is 0. The first-order valence-corrected chi connectivity index (χ1v) is 10.3. The van der Waals surface area contributed by atoms with Gasteiger partial charge in [-0.15, -0.1) is 0 Å². The molecule has 2 saturated heterocycles. The number of nitrogens with zero attached hydrogens (tertiary/aromatic N) is 2. The highest BCUT2D eigenvalue weighted by molar-refractivity contribution is 5.86. The lowest BCUT2D eigenvalue weighted by molar-refractivity contribution is -0.139. The van der Waals surface area contributed by atoms with Crippen LogP contribution in [0.4, 0.5) is 0 Å². The fraction of sp³-hybridized carbons (Fsp3) is 0.636. The first kappa shape index (κ1) is 18.5. The van der Waals surface area contributed by atoms with E-state index < -0.39 is 0 Å². The Labute approximate surface area is 161 Å². The van der Waals surface area contributed by atoms with Gasteiger partial charge in [-0.3, -0.25) is 9.59 Å². The van der Waals surface area contributed by atoms with E-state index >= 15 is 0 Å². The number of carbonyl (C=O) groups is 2. The third-order valence-corrected chi connectivity index (χ3v) is 6.41. The zero-order valence-corrected chi connectivity index (χ0v) is 16.1. The van der Waals surface area contributed by atoms with Crippen LogP contribution in [0.3, 0.4) is 0 Å². The minimum Gasteiger partial charge on any atom is -0.376 e. The third kappa shape index (κ3) is 4.34. The lowest BCUT2D eigenvalue weighted by atomic mass is 9.85. The molecule has 1 atom stereocenters. The van der Waals surface area contributed by atoms with Crippen molar-refractivity contribution in [2.75, 3.05) is 26.2 Å². The molecule has 1 unspecified atom stereocenters. The number of benzene rings is 1. The average molecular weight is 370 g/mol. The molecule has 1 spiro atoms. The topological polar surface area (TPSA) is 49.9 Å². The van der Waals surface area contributed by atoms with Crippen LogP contribution >= 0.6 is 0 Å². The predicted octanol–water partition coefficient (Wildman–Crippen LogP) is 2.99. The van der Waals surface area contributed by atoms with E-state index in [9.17, 15) is 9.59 Å². The van der Waals surface area contributed by atoms with Gasteiger partial charge in [0.25, 0.3) is 0 Å². The Morgan fingerprint density at radius 3 is 2.67 bits per heavy atom. The van der Waals surface area contributed by atoms with Crippen molar-refractivity contribution in [2.24, 2.45) is 5.41 Å². The molecule has 5 heteroatoms. The molecule has 1 aromatic carbocycles. The normalized spacial score (nSPS) is 24.1. The number of rotatable bonds is 6. The molecule has 0 bridgehead atoms. The molecular weight excluding hydrogens is 340 g/mol. The van der Waals surface area contributed by atoms with E-state index in [0.29, 0.717) is 19.5 Å². The molecule has 2 amide bonds. The smallest absolute Gasteiger partial charge is 0.242 e. The number of hydrogen-bond acceptors (Lipinski definition) is 3. The Kier molecular flexibility index (Phi) is 5.48. The first-order chi connectivity index (χ1) is 13.1. The molecule has 146 valence electrons. The number of amides is 2. The minimum atomic E-state index is 0.0396. The van der Waals surface area contributed by atoms with E-state index in [0.717, 1.165) is 44.4 Å². The average Bonchev–Trinajstić information content (AvgIpc) is 3.39. The molecule has 3 fully saturated rings. The zero-order valence-electron chi connectivity index (χ0n) is 16.1. The van der Waals surface area contributed by atoms with Crippen LogP contribution in [0.1, 0.15) is 50.5 Å². The molecule has 1 aliphatic carbocycles. The second-order valence-electron chi connectivity index (χ2n) is 8.53. The maximum Gasteiger partial charge on any atom is 0.242 e. The van der Waals surface area contributed by atoms with Gasteiger partial charge in [-0.25, -0.2) is 0 Å². The molecule has 3 aliphatic rings. The summed E-state index contributed by atoms with van der Waals surface area (Å²) in [6, 6.07) is 10.1. The summed E-state index contributed by atoms with van der Waals surface area (Å²) < 4.78 is 5.76. The lowest BCUT2D eigenvalue weighted by Crippen LogP contribution is -2.44. The Bertz CT molecular complexity index is 663. The van der Waals surface area contributed by atoms with Crippen molar-refractivity contribution in [3.8, 4) is 0 Å². The van der Waals surface area contributed by atoms with Crippen molar-refractivity contribution in [3.63, 3.8) is 0 Å². The summed E-state index contributed by atoms with van der Waals surface area (Å²) in [7, 11) is 0. The van der Waals surface area contributed by atoms with E-state index in [1.807, 2.05) is 35.2 Å². The van der Waals surface area contributed by atoms with Crippen molar-refractivity contribution < 1.29 is 14.3 Å². The van der Waals surface area contributed by atoms with Gasteiger partial charge in [0.05, 0.1) is 12.6 Å². The predicted molar refractivity (Wildman–Crippen MR) is 103 cm³/mol. The molecule has 4 rings (SSSR count). The number of carbonyl (C=O) groups excluding carboxylic acids is 2. The molecule has 2 heterocycles. The quantitative estimate of drug-likeness (QED) is 0.773.